The molecule has 1 saturated heterocycles. The van der Waals surface area contributed by atoms with Crippen molar-refractivity contribution in [1.82, 2.24) is 9.21 Å². The van der Waals surface area contributed by atoms with Crippen molar-refractivity contribution in [1.29, 1.82) is 0 Å². The van der Waals surface area contributed by atoms with Gasteiger partial charge in [0.25, 0.3) is 0 Å². The smallest absolute Gasteiger partial charge is 0.337 e. The van der Waals surface area contributed by atoms with Gasteiger partial charge in [-0.2, -0.15) is 17.5 Å². The molecule has 1 heterocycles. The van der Waals surface area contributed by atoms with Crippen molar-refractivity contribution in [2.75, 3.05) is 26.2 Å². The molecule has 3 rings (SSSR count). The Balaban J connectivity index is 1.59. The number of carbonyl (C=O) groups is 1. The maximum absolute atomic E-state index is 13.0. The van der Waals surface area contributed by atoms with E-state index in [1.165, 1.54) is 27.4 Å². The SMILES string of the molecule is O=C(/C=C/c1ccc(Cl)c(C(F)(F)F)c1)N1CCN(S(=O)(=O)Cc2ccccc2)CC1. The number of sulfonamides is 1. The average molecular weight is 473 g/mol. The fourth-order valence-corrected chi connectivity index (χ4v) is 4.94. The van der Waals surface area contributed by atoms with E-state index in [1.807, 2.05) is 6.07 Å². The molecular formula is C21H20ClF3N2O3S. The number of benzene rings is 2. The Morgan fingerprint density at radius 2 is 1.68 bits per heavy atom. The summed E-state index contributed by atoms with van der Waals surface area (Å²) in [6, 6.07) is 12.2. The number of amides is 1. The molecule has 1 amide bonds. The number of piperazine rings is 1. The topological polar surface area (TPSA) is 57.7 Å². The molecule has 1 aliphatic rings. The Hall–Kier alpha value is -2.36. The lowest BCUT2D eigenvalue weighted by molar-refractivity contribution is -0.137. The molecule has 0 aliphatic carbocycles. The second-order valence-electron chi connectivity index (χ2n) is 7.04. The monoisotopic (exact) mass is 472 g/mol. The predicted octanol–water partition coefficient (Wildman–Crippen LogP) is 4.05. The first-order valence-electron chi connectivity index (χ1n) is 9.42. The molecule has 2 aromatic rings. The van der Waals surface area contributed by atoms with Crippen LogP contribution in [0.2, 0.25) is 5.02 Å². The number of alkyl halides is 3. The van der Waals surface area contributed by atoms with Crippen molar-refractivity contribution in [3.63, 3.8) is 0 Å². The van der Waals surface area contributed by atoms with Gasteiger partial charge in [0, 0.05) is 32.3 Å². The highest BCUT2D eigenvalue weighted by Crippen LogP contribution is 2.35. The van der Waals surface area contributed by atoms with Crippen molar-refractivity contribution in [3.05, 3.63) is 76.3 Å². The highest BCUT2D eigenvalue weighted by atomic mass is 35.5. The number of rotatable bonds is 5. The summed E-state index contributed by atoms with van der Waals surface area (Å²) < 4.78 is 65.4. The molecule has 0 radical (unpaired) electrons. The summed E-state index contributed by atoms with van der Waals surface area (Å²) in [5, 5.41) is -0.413. The first kappa shape index (κ1) is 23.3. The van der Waals surface area contributed by atoms with E-state index in [0.717, 1.165) is 12.1 Å². The highest BCUT2D eigenvalue weighted by Gasteiger charge is 2.33. The van der Waals surface area contributed by atoms with Gasteiger partial charge in [-0.3, -0.25) is 4.79 Å². The van der Waals surface area contributed by atoms with Crippen molar-refractivity contribution in [3.8, 4) is 0 Å². The minimum absolute atomic E-state index is 0.111. The zero-order valence-corrected chi connectivity index (χ0v) is 17.9. The van der Waals surface area contributed by atoms with Crippen LogP contribution in [0.25, 0.3) is 6.08 Å². The largest absolute Gasteiger partial charge is 0.417 e. The molecule has 1 aliphatic heterocycles. The molecule has 0 N–H and O–H groups in total. The van der Waals surface area contributed by atoms with Crippen LogP contribution in [-0.2, 0) is 26.7 Å². The Kier molecular flexibility index (Phi) is 7.08. The Bertz CT molecular complexity index is 1070. The van der Waals surface area contributed by atoms with Gasteiger partial charge >= 0.3 is 6.18 Å². The molecule has 10 heteroatoms. The van der Waals surface area contributed by atoms with Crippen molar-refractivity contribution >= 4 is 33.6 Å². The van der Waals surface area contributed by atoms with Crippen LogP contribution in [0.4, 0.5) is 13.2 Å². The average Bonchev–Trinajstić information content (AvgIpc) is 2.72. The predicted molar refractivity (Wildman–Crippen MR) is 113 cm³/mol. The maximum atomic E-state index is 13.0. The van der Waals surface area contributed by atoms with Crippen LogP contribution in [-0.4, -0.2) is 49.7 Å². The van der Waals surface area contributed by atoms with E-state index in [0.29, 0.717) is 5.56 Å². The summed E-state index contributed by atoms with van der Waals surface area (Å²) in [6.45, 7) is 0.721. The van der Waals surface area contributed by atoms with E-state index in [-0.39, 0.29) is 37.5 Å². The van der Waals surface area contributed by atoms with Crippen LogP contribution in [0.1, 0.15) is 16.7 Å². The third-order valence-corrected chi connectivity index (χ3v) is 7.03. The quantitative estimate of drug-likeness (QED) is 0.617. The number of carbonyl (C=O) groups excluding carboxylic acids is 1. The van der Waals surface area contributed by atoms with E-state index < -0.39 is 32.7 Å². The summed E-state index contributed by atoms with van der Waals surface area (Å²) in [5.74, 6) is -0.511. The summed E-state index contributed by atoms with van der Waals surface area (Å²) >= 11 is 5.59. The first-order valence-corrected chi connectivity index (χ1v) is 11.4. The molecule has 0 aromatic heterocycles. The van der Waals surface area contributed by atoms with Crippen LogP contribution in [0.3, 0.4) is 0 Å². The van der Waals surface area contributed by atoms with Crippen molar-refractivity contribution in [2.45, 2.75) is 11.9 Å². The van der Waals surface area contributed by atoms with E-state index in [2.05, 4.69) is 0 Å². The second kappa shape index (κ2) is 9.42. The lowest BCUT2D eigenvalue weighted by atomic mass is 10.1. The van der Waals surface area contributed by atoms with Crippen LogP contribution >= 0.6 is 11.6 Å². The molecule has 2 aromatic carbocycles. The van der Waals surface area contributed by atoms with E-state index in [9.17, 15) is 26.4 Å². The minimum Gasteiger partial charge on any atom is -0.337 e. The molecular weight excluding hydrogens is 453 g/mol. The van der Waals surface area contributed by atoms with Gasteiger partial charge in [0.1, 0.15) is 0 Å². The Labute approximate surface area is 183 Å². The normalized spacial score (nSPS) is 16.1. The Morgan fingerprint density at radius 3 is 2.29 bits per heavy atom. The number of hydrogen-bond acceptors (Lipinski definition) is 3. The third kappa shape index (κ3) is 6.09. The molecule has 166 valence electrons. The van der Waals surface area contributed by atoms with Crippen LogP contribution in [0, 0.1) is 0 Å². The van der Waals surface area contributed by atoms with Crippen molar-refractivity contribution in [2.24, 2.45) is 0 Å². The van der Waals surface area contributed by atoms with Crippen molar-refractivity contribution < 1.29 is 26.4 Å². The number of hydrogen-bond donors (Lipinski definition) is 0. The van der Waals surface area contributed by atoms with Gasteiger partial charge in [-0.05, 0) is 29.3 Å². The van der Waals surface area contributed by atoms with E-state index >= 15 is 0 Å². The van der Waals surface area contributed by atoms with Crippen LogP contribution < -0.4 is 0 Å². The Morgan fingerprint density at radius 1 is 1.03 bits per heavy atom. The standard InChI is InChI=1S/C21H20ClF3N2O3S/c22-19-8-6-16(14-18(19)21(23,24)25)7-9-20(28)26-10-12-27(13-11-26)31(29,30)15-17-4-2-1-3-5-17/h1-9,14H,10-13,15H2/b9-7+. The zero-order valence-electron chi connectivity index (χ0n) is 16.3. The summed E-state index contributed by atoms with van der Waals surface area (Å²) in [7, 11) is -3.51. The molecule has 1 fully saturated rings. The molecule has 0 bridgehead atoms. The van der Waals surface area contributed by atoms with Crippen LogP contribution in [0.5, 0.6) is 0 Å². The van der Waals surface area contributed by atoms with E-state index in [4.69, 9.17) is 11.6 Å². The first-order chi connectivity index (χ1) is 14.6. The lowest BCUT2D eigenvalue weighted by Crippen LogP contribution is -2.50. The third-order valence-electron chi connectivity index (χ3n) is 4.85. The van der Waals surface area contributed by atoms with E-state index in [1.54, 1.807) is 24.3 Å². The molecule has 5 nitrogen and oxygen atoms in total. The van der Waals surface area contributed by atoms with Gasteiger partial charge in [-0.15, -0.1) is 0 Å². The maximum Gasteiger partial charge on any atom is 0.417 e. The van der Waals surface area contributed by atoms with Gasteiger partial charge < -0.3 is 4.90 Å². The van der Waals surface area contributed by atoms with Gasteiger partial charge in [-0.1, -0.05) is 48.0 Å². The van der Waals surface area contributed by atoms with Gasteiger partial charge in [-0.25, -0.2) is 8.42 Å². The molecule has 0 atom stereocenters. The van der Waals surface area contributed by atoms with Crippen LogP contribution in [0.15, 0.2) is 54.6 Å². The van der Waals surface area contributed by atoms with Gasteiger partial charge in [0.05, 0.1) is 16.3 Å². The lowest BCUT2D eigenvalue weighted by Gasteiger charge is -2.33. The van der Waals surface area contributed by atoms with Gasteiger partial charge in [0.2, 0.25) is 15.9 Å². The highest BCUT2D eigenvalue weighted by molar-refractivity contribution is 7.88. The zero-order chi connectivity index (χ0) is 22.6. The molecule has 0 spiro atoms. The number of nitrogens with zero attached hydrogens (tertiary/aromatic N) is 2. The molecule has 0 saturated carbocycles. The summed E-state index contributed by atoms with van der Waals surface area (Å²) in [6.07, 6.45) is -2.13. The fourth-order valence-electron chi connectivity index (χ4n) is 3.20. The van der Waals surface area contributed by atoms with Gasteiger partial charge in [0.15, 0.2) is 0 Å². The fraction of sp³-hybridized carbons (Fsp3) is 0.286. The summed E-state index contributed by atoms with van der Waals surface area (Å²) in [4.78, 5) is 13.9. The second-order valence-corrected chi connectivity index (χ2v) is 9.41. The number of halogens is 4. The minimum atomic E-state index is -4.59. The molecule has 31 heavy (non-hydrogen) atoms. The summed E-state index contributed by atoms with van der Waals surface area (Å²) in [5.41, 5.74) is -0.0970. The molecule has 0 unspecified atom stereocenters.